The summed E-state index contributed by atoms with van der Waals surface area (Å²) in [7, 11) is 0. The fraction of sp³-hybridized carbons (Fsp3) is 0.487. The number of hydrogen-bond acceptors (Lipinski definition) is 5. The molecule has 4 aromatic rings. The van der Waals surface area contributed by atoms with Gasteiger partial charge in [-0.1, -0.05) is 66.9 Å². The van der Waals surface area contributed by atoms with Crippen LogP contribution in [0.1, 0.15) is 74.6 Å². The van der Waals surface area contributed by atoms with Crippen molar-refractivity contribution < 1.29 is 4.74 Å². The van der Waals surface area contributed by atoms with Gasteiger partial charge in [0, 0.05) is 29.4 Å². The fourth-order valence-electron chi connectivity index (χ4n) is 7.19. The number of aryl methyl sites for hydroxylation is 1. The van der Waals surface area contributed by atoms with Crippen LogP contribution in [0.4, 0.5) is 0 Å². The highest BCUT2D eigenvalue weighted by molar-refractivity contribution is 6.30. The van der Waals surface area contributed by atoms with Crippen LogP contribution >= 0.6 is 11.6 Å². The molecule has 6 nitrogen and oxygen atoms in total. The third-order valence-corrected chi connectivity index (χ3v) is 10.0. The normalized spacial score (nSPS) is 17.8. The first-order valence-corrected chi connectivity index (χ1v) is 17.9. The van der Waals surface area contributed by atoms with Crippen LogP contribution < -0.4 is 10.3 Å². The lowest BCUT2D eigenvalue weighted by molar-refractivity contribution is 0.221. The molecule has 3 heterocycles. The Hall–Kier alpha value is -3.19. The van der Waals surface area contributed by atoms with Crippen molar-refractivity contribution in [3.8, 4) is 5.75 Å². The molecule has 3 aromatic carbocycles. The van der Waals surface area contributed by atoms with Gasteiger partial charge in [-0.2, -0.15) is 5.10 Å². The maximum absolute atomic E-state index is 13.5. The average Bonchev–Trinajstić information content (AvgIpc) is 3.35. The molecule has 2 saturated heterocycles. The molecule has 46 heavy (non-hydrogen) atoms. The molecule has 0 spiro atoms. The van der Waals surface area contributed by atoms with E-state index in [1.165, 1.54) is 50.8 Å². The Balaban J connectivity index is 0.974. The van der Waals surface area contributed by atoms with Crippen molar-refractivity contribution in [2.45, 2.75) is 83.2 Å². The zero-order valence-corrected chi connectivity index (χ0v) is 28.0. The van der Waals surface area contributed by atoms with Crippen molar-refractivity contribution in [1.82, 2.24) is 19.6 Å². The van der Waals surface area contributed by atoms with Gasteiger partial charge in [0.1, 0.15) is 5.75 Å². The molecule has 0 bridgehead atoms. The van der Waals surface area contributed by atoms with E-state index in [-0.39, 0.29) is 5.56 Å². The van der Waals surface area contributed by atoms with Crippen LogP contribution in [0.25, 0.3) is 10.8 Å². The minimum atomic E-state index is 0.00661. The van der Waals surface area contributed by atoms with Crippen LogP contribution in [0, 0.1) is 0 Å². The molecular weight excluding hydrogens is 592 g/mol. The number of halogens is 1. The fourth-order valence-corrected chi connectivity index (χ4v) is 7.31. The molecular formula is C39H49ClN4O2. The molecule has 244 valence electrons. The standard InChI is InChI=1S/C39H49ClN4O2/c40-33-19-15-32(16-20-33)29-38-36-13-3-4-14-37(36)39(45)44(41-38)30-34-12-9-27-43(34)26-8-5-11-31-17-21-35(22-18-31)46-28-10-25-42-23-6-1-2-7-24-42/h3-4,13-22,34H,1-2,5-12,23-30H2. The maximum Gasteiger partial charge on any atom is 0.274 e. The number of unbranched alkanes of at least 4 members (excludes halogenated alkanes) is 1. The summed E-state index contributed by atoms with van der Waals surface area (Å²) in [5.41, 5.74) is 3.45. The lowest BCUT2D eigenvalue weighted by Gasteiger charge is -2.25. The molecule has 0 saturated carbocycles. The molecule has 7 heteroatoms. The minimum absolute atomic E-state index is 0.00661. The Morgan fingerprint density at radius 2 is 1.50 bits per heavy atom. The van der Waals surface area contributed by atoms with Crippen LogP contribution in [0.2, 0.25) is 5.02 Å². The zero-order chi connectivity index (χ0) is 31.6. The summed E-state index contributed by atoms with van der Waals surface area (Å²) >= 11 is 6.12. The molecule has 6 rings (SSSR count). The van der Waals surface area contributed by atoms with E-state index < -0.39 is 0 Å². The Morgan fingerprint density at radius 1 is 0.761 bits per heavy atom. The van der Waals surface area contributed by atoms with Gasteiger partial charge in [-0.25, -0.2) is 4.68 Å². The molecule has 1 unspecified atom stereocenters. The van der Waals surface area contributed by atoms with Gasteiger partial charge < -0.3 is 9.64 Å². The van der Waals surface area contributed by atoms with Crippen molar-refractivity contribution in [3.05, 3.63) is 105 Å². The van der Waals surface area contributed by atoms with Gasteiger partial charge >= 0.3 is 0 Å². The van der Waals surface area contributed by atoms with Gasteiger partial charge in [-0.05, 0) is 119 Å². The first-order chi connectivity index (χ1) is 22.6. The van der Waals surface area contributed by atoms with Crippen molar-refractivity contribution in [1.29, 1.82) is 0 Å². The quantitative estimate of drug-likeness (QED) is 0.132. The Kier molecular flexibility index (Phi) is 11.8. The van der Waals surface area contributed by atoms with E-state index in [1.807, 2.05) is 48.5 Å². The summed E-state index contributed by atoms with van der Waals surface area (Å²) in [5.74, 6) is 0.980. The largest absolute Gasteiger partial charge is 0.494 e. The SMILES string of the molecule is O=c1c2ccccc2c(Cc2ccc(Cl)cc2)nn1CC1CCCN1CCCCc1ccc(OCCCN2CCCCCC2)cc1. The number of hydrogen-bond donors (Lipinski definition) is 0. The van der Waals surface area contributed by atoms with E-state index >= 15 is 0 Å². The Labute approximate surface area is 279 Å². The van der Waals surface area contributed by atoms with Gasteiger partial charge in [0.15, 0.2) is 0 Å². The summed E-state index contributed by atoms with van der Waals surface area (Å²) in [4.78, 5) is 18.7. The van der Waals surface area contributed by atoms with Crippen LogP contribution in [0.15, 0.2) is 77.6 Å². The van der Waals surface area contributed by atoms with E-state index in [1.54, 1.807) is 4.68 Å². The van der Waals surface area contributed by atoms with Crippen molar-refractivity contribution in [2.24, 2.45) is 0 Å². The van der Waals surface area contributed by atoms with Gasteiger partial charge in [0.25, 0.3) is 5.56 Å². The van der Waals surface area contributed by atoms with E-state index in [2.05, 4.69) is 34.1 Å². The smallest absolute Gasteiger partial charge is 0.274 e. The predicted octanol–water partition coefficient (Wildman–Crippen LogP) is 7.77. The lowest BCUT2D eigenvalue weighted by Crippen LogP contribution is -2.38. The summed E-state index contributed by atoms with van der Waals surface area (Å²) in [6.07, 6.45) is 12.9. The van der Waals surface area contributed by atoms with Crippen LogP contribution in [0.5, 0.6) is 5.75 Å². The van der Waals surface area contributed by atoms with Crippen LogP contribution in [0.3, 0.4) is 0 Å². The summed E-state index contributed by atoms with van der Waals surface area (Å²) in [6, 6.07) is 24.8. The number of nitrogens with zero attached hydrogens (tertiary/aromatic N) is 4. The van der Waals surface area contributed by atoms with Crippen molar-refractivity contribution in [2.75, 3.05) is 39.3 Å². The molecule has 0 N–H and O–H groups in total. The predicted molar refractivity (Wildman–Crippen MR) is 189 cm³/mol. The van der Waals surface area contributed by atoms with Gasteiger partial charge in [-0.15, -0.1) is 0 Å². The van der Waals surface area contributed by atoms with Crippen LogP contribution in [-0.2, 0) is 19.4 Å². The molecule has 0 radical (unpaired) electrons. The Morgan fingerprint density at radius 3 is 2.28 bits per heavy atom. The van der Waals surface area contributed by atoms with Crippen molar-refractivity contribution in [3.63, 3.8) is 0 Å². The second-order valence-electron chi connectivity index (χ2n) is 13.2. The monoisotopic (exact) mass is 640 g/mol. The number of ether oxygens (including phenoxy) is 1. The van der Waals surface area contributed by atoms with Gasteiger partial charge in [0.05, 0.1) is 24.2 Å². The second-order valence-corrected chi connectivity index (χ2v) is 13.6. The molecule has 0 aliphatic carbocycles. The van der Waals surface area contributed by atoms with Gasteiger partial charge in [-0.3, -0.25) is 9.69 Å². The van der Waals surface area contributed by atoms with Gasteiger partial charge in [0.2, 0.25) is 0 Å². The maximum atomic E-state index is 13.5. The van der Waals surface area contributed by atoms with E-state index in [4.69, 9.17) is 21.4 Å². The average molecular weight is 641 g/mol. The highest BCUT2D eigenvalue weighted by atomic mass is 35.5. The molecule has 1 aromatic heterocycles. The topological polar surface area (TPSA) is 50.6 Å². The summed E-state index contributed by atoms with van der Waals surface area (Å²) in [5, 5.41) is 7.34. The third-order valence-electron chi connectivity index (χ3n) is 9.78. The van der Waals surface area contributed by atoms with E-state index in [9.17, 15) is 4.79 Å². The molecule has 0 amide bonds. The second kappa shape index (κ2) is 16.6. The molecule has 2 aliphatic rings. The minimum Gasteiger partial charge on any atom is -0.494 e. The first kappa shape index (κ1) is 32.7. The van der Waals surface area contributed by atoms with E-state index in [0.29, 0.717) is 19.0 Å². The highest BCUT2D eigenvalue weighted by Crippen LogP contribution is 2.22. The summed E-state index contributed by atoms with van der Waals surface area (Å²) in [6.45, 7) is 7.23. The highest BCUT2D eigenvalue weighted by Gasteiger charge is 2.25. The number of benzene rings is 3. The number of likely N-dealkylation sites (tertiary alicyclic amines) is 2. The van der Waals surface area contributed by atoms with E-state index in [0.717, 1.165) is 91.1 Å². The molecule has 1 atom stereocenters. The molecule has 2 fully saturated rings. The first-order valence-electron chi connectivity index (χ1n) is 17.5. The number of fused-ring (bicyclic) bond motifs is 1. The number of aromatic nitrogens is 2. The number of rotatable bonds is 14. The third kappa shape index (κ3) is 8.99. The molecule has 2 aliphatic heterocycles. The summed E-state index contributed by atoms with van der Waals surface area (Å²) < 4.78 is 7.77. The van der Waals surface area contributed by atoms with Crippen molar-refractivity contribution >= 4 is 22.4 Å². The lowest BCUT2D eigenvalue weighted by atomic mass is 10.0. The zero-order valence-electron chi connectivity index (χ0n) is 27.2. The van der Waals surface area contributed by atoms with Crippen LogP contribution in [-0.4, -0.2) is 65.0 Å². The Bertz CT molecular complexity index is 1580.